The summed E-state index contributed by atoms with van der Waals surface area (Å²) in [7, 11) is 0. The third-order valence-electron chi connectivity index (χ3n) is 6.74. The molecular weight excluding hydrogens is 408 g/mol. The second kappa shape index (κ2) is 8.22. The average Bonchev–Trinajstić information content (AvgIpc) is 3.22. The van der Waals surface area contributed by atoms with Crippen LogP contribution in [0.1, 0.15) is 58.4 Å². The molecule has 5 amide bonds. The van der Waals surface area contributed by atoms with Gasteiger partial charge in [-0.05, 0) is 54.7 Å². The molecule has 32 heavy (non-hydrogen) atoms. The van der Waals surface area contributed by atoms with Gasteiger partial charge < -0.3 is 15.5 Å². The highest BCUT2D eigenvalue weighted by Crippen LogP contribution is 2.46. The molecule has 0 aromatic heterocycles. The maximum atomic E-state index is 13.2. The summed E-state index contributed by atoms with van der Waals surface area (Å²) in [5.74, 6) is -0.229. The van der Waals surface area contributed by atoms with Crippen LogP contribution in [0.15, 0.2) is 24.3 Å². The third-order valence-corrected chi connectivity index (χ3v) is 6.74. The molecule has 2 aliphatic heterocycles. The minimum Gasteiger partial charge on any atom is -0.350 e. The van der Waals surface area contributed by atoms with Crippen molar-refractivity contribution in [3.63, 3.8) is 0 Å². The van der Waals surface area contributed by atoms with Gasteiger partial charge in [0, 0.05) is 25.2 Å². The van der Waals surface area contributed by atoms with E-state index in [-0.39, 0.29) is 36.2 Å². The maximum Gasteiger partial charge on any atom is 0.325 e. The molecule has 0 bridgehead atoms. The van der Waals surface area contributed by atoms with E-state index in [9.17, 15) is 19.2 Å². The van der Waals surface area contributed by atoms with Crippen molar-refractivity contribution >= 4 is 29.4 Å². The van der Waals surface area contributed by atoms with Gasteiger partial charge in [0.25, 0.3) is 5.91 Å². The number of amides is 5. The first kappa shape index (κ1) is 22.3. The highest BCUT2D eigenvalue weighted by molar-refractivity contribution is 6.09. The van der Waals surface area contributed by atoms with E-state index in [1.807, 2.05) is 24.3 Å². The molecule has 3 fully saturated rings. The molecule has 0 radical (unpaired) electrons. The second-order valence-electron chi connectivity index (χ2n) is 10.4. The third kappa shape index (κ3) is 4.36. The molecule has 1 aromatic carbocycles. The number of hydrogen-bond acceptors (Lipinski definition) is 4. The molecule has 1 aliphatic carbocycles. The summed E-state index contributed by atoms with van der Waals surface area (Å²) in [6.45, 7) is 7.06. The van der Waals surface area contributed by atoms with Gasteiger partial charge in [-0.3, -0.25) is 19.3 Å². The van der Waals surface area contributed by atoms with Crippen molar-refractivity contribution in [2.24, 2.45) is 11.3 Å². The summed E-state index contributed by atoms with van der Waals surface area (Å²) in [6.07, 6.45) is 3.64. The fourth-order valence-electron chi connectivity index (χ4n) is 5.76. The number of benzene rings is 1. The first-order chi connectivity index (χ1) is 15.1. The van der Waals surface area contributed by atoms with Crippen molar-refractivity contribution in [1.29, 1.82) is 0 Å². The predicted octanol–water partition coefficient (Wildman–Crippen LogP) is 2.57. The van der Waals surface area contributed by atoms with Gasteiger partial charge in [-0.15, -0.1) is 0 Å². The van der Waals surface area contributed by atoms with Crippen LogP contribution in [0.5, 0.6) is 0 Å². The minimum atomic E-state index is -0.901. The Kier molecular flexibility index (Phi) is 5.73. The van der Waals surface area contributed by atoms with Crippen molar-refractivity contribution < 1.29 is 19.2 Å². The van der Waals surface area contributed by atoms with Crippen LogP contribution in [0.4, 0.5) is 10.5 Å². The Labute approximate surface area is 188 Å². The quantitative estimate of drug-likeness (QED) is 0.688. The van der Waals surface area contributed by atoms with Crippen molar-refractivity contribution in [2.75, 3.05) is 18.0 Å². The van der Waals surface area contributed by atoms with E-state index in [1.54, 1.807) is 4.90 Å². The van der Waals surface area contributed by atoms with Crippen LogP contribution in [0.3, 0.4) is 0 Å². The largest absolute Gasteiger partial charge is 0.350 e. The molecule has 8 nitrogen and oxygen atoms in total. The lowest BCUT2D eigenvalue weighted by molar-refractivity contribution is -0.137. The Balaban J connectivity index is 1.33. The van der Waals surface area contributed by atoms with Crippen molar-refractivity contribution in [3.8, 4) is 0 Å². The number of urea groups is 1. The topological polar surface area (TPSA) is 98.8 Å². The van der Waals surface area contributed by atoms with Crippen LogP contribution >= 0.6 is 0 Å². The SMILES string of the molecule is C[C@@H]1CC(C)(C)C[C@]2(C1)NC(=O)N(CC(=O)NCc1ccc(N3CCCC3=O)cc1)C2=O. The summed E-state index contributed by atoms with van der Waals surface area (Å²) in [5, 5.41) is 5.68. The molecule has 3 aliphatic rings. The normalized spacial score (nSPS) is 27.2. The summed E-state index contributed by atoms with van der Waals surface area (Å²) >= 11 is 0. The zero-order chi connectivity index (χ0) is 23.1. The number of nitrogens with one attached hydrogen (secondary N) is 2. The Bertz CT molecular complexity index is 942. The predicted molar refractivity (Wildman–Crippen MR) is 120 cm³/mol. The van der Waals surface area contributed by atoms with Gasteiger partial charge in [-0.2, -0.15) is 0 Å². The van der Waals surface area contributed by atoms with Crippen molar-refractivity contribution in [2.45, 2.75) is 65.0 Å². The van der Waals surface area contributed by atoms with Gasteiger partial charge in [0.05, 0.1) is 0 Å². The number of carbonyl (C=O) groups is 4. The van der Waals surface area contributed by atoms with Gasteiger partial charge in [0.1, 0.15) is 12.1 Å². The number of nitrogens with zero attached hydrogens (tertiary/aromatic N) is 2. The Morgan fingerprint density at radius 2 is 1.88 bits per heavy atom. The van der Waals surface area contributed by atoms with E-state index in [1.165, 1.54) is 0 Å². The summed E-state index contributed by atoms with van der Waals surface area (Å²) < 4.78 is 0. The molecule has 1 aromatic rings. The van der Waals surface area contributed by atoms with E-state index in [0.29, 0.717) is 25.2 Å². The molecule has 1 spiro atoms. The monoisotopic (exact) mass is 440 g/mol. The van der Waals surface area contributed by atoms with Crippen LogP contribution < -0.4 is 15.5 Å². The summed E-state index contributed by atoms with van der Waals surface area (Å²) in [6, 6.07) is 7.00. The first-order valence-electron chi connectivity index (χ1n) is 11.4. The van der Waals surface area contributed by atoms with E-state index in [2.05, 4.69) is 31.4 Å². The number of anilines is 1. The molecule has 2 heterocycles. The Morgan fingerprint density at radius 3 is 2.50 bits per heavy atom. The summed E-state index contributed by atoms with van der Waals surface area (Å²) in [5.41, 5.74) is 0.786. The molecule has 2 atom stereocenters. The molecule has 8 heteroatoms. The smallest absolute Gasteiger partial charge is 0.325 e. The summed E-state index contributed by atoms with van der Waals surface area (Å²) in [4.78, 5) is 52.9. The van der Waals surface area contributed by atoms with E-state index >= 15 is 0 Å². The van der Waals surface area contributed by atoms with Crippen LogP contribution in [0, 0.1) is 11.3 Å². The fraction of sp³-hybridized carbons (Fsp3) is 0.583. The molecule has 0 unspecified atom stereocenters. The minimum absolute atomic E-state index is 0.0509. The zero-order valence-corrected chi connectivity index (χ0v) is 19.1. The fourth-order valence-corrected chi connectivity index (χ4v) is 5.76. The number of imide groups is 1. The van der Waals surface area contributed by atoms with Gasteiger partial charge in [0.15, 0.2) is 0 Å². The standard InChI is InChI=1S/C24H32N4O4/c1-16-11-23(2,3)15-24(12-16)21(31)28(22(32)26-24)14-19(29)25-13-17-6-8-18(9-7-17)27-10-4-5-20(27)30/h6-9,16H,4-5,10-15H2,1-3H3,(H,25,29)(H,26,32)/t16-,24+/m1/s1. The lowest BCUT2D eigenvalue weighted by Crippen LogP contribution is -2.54. The van der Waals surface area contributed by atoms with Crippen LogP contribution in [0.2, 0.25) is 0 Å². The lowest BCUT2D eigenvalue weighted by Gasteiger charge is -2.43. The van der Waals surface area contributed by atoms with Gasteiger partial charge in [-0.1, -0.05) is 32.9 Å². The number of carbonyl (C=O) groups excluding carboxylic acids is 4. The van der Waals surface area contributed by atoms with Crippen molar-refractivity contribution in [1.82, 2.24) is 15.5 Å². The molecular formula is C24H32N4O4. The highest BCUT2D eigenvalue weighted by atomic mass is 16.2. The van der Waals surface area contributed by atoms with E-state index in [4.69, 9.17) is 0 Å². The lowest BCUT2D eigenvalue weighted by atomic mass is 9.64. The highest BCUT2D eigenvalue weighted by Gasteiger charge is 2.56. The molecule has 2 saturated heterocycles. The second-order valence-corrected chi connectivity index (χ2v) is 10.4. The molecule has 4 rings (SSSR count). The zero-order valence-electron chi connectivity index (χ0n) is 19.1. The van der Waals surface area contributed by atoms with Gasteiger partial charge >= 0.3 is 6.03 Å². The van der Waals surface area contributed by atoms with Crippen LogP contribution in [-0.4, -0.2) is 47.3 Å². The first-order valence-corrected chi connectivity index (χ1v) is 11.4. The average molecular weight is 441 g/mol. The van der Waals surface area contributed by atoms with Crippen LogP contribution in [-0.2, 0) is 20.9 Å². The molecule has 172 valence electrons. The number of hydrogen-bond donors (Lipinski definition) is 2. The van der Waals surface area contributed by atoms with Crippen LogP contribution in [0.25, 0.3) is 0 Å². The Morgan fingerprint density at radius 1 is 1.16 bits per heavy atom. The molecule has 1 saturated carbocycles. The van der Waals surface area contributed by atoms with Gasteiger partial charge in [-0.25, -0.2) is 4.79 Å². The van der Waals surface area contributed by atoms with Crippen molar-refractivity contribution in [3.05, 3.63) is 29.8 Å². The number of rotatable bonds is 5. The maximum absolute atomic E-state index is 13.2. The van der Waals surface area contributed by atoms with E-state index < -0.39 is 11.6 Å². The van der Waals surface area contributed by atoms with Gasteiger partial charge in [0.2, 0.25) is 11.8 Å². The molecule has 2 N–H and O–H groups in total. The Hall–Kier alpha value is -2.90. The van der Waals surface area contributed by atoms with E-state index in [0.717, 1.165) is 35.5 Å².